The summed E-state index contributed by atoms with van der Waals surface area (Å²) in [5, 5.41) is 0. The standard InChI is InChI=1S/C6H12BNO/c1-3-9-7-5-4-6-8(7)2/h4-5H,3,6H2,1-2H3. The van der Waals surface area contributed by atoms with Gasteiger partial charge in [-0.2, -0.15) is 0 Å². The Morgan fingerprint density at radius 1 is 1.78 bits per heavy atom. The molecule has 0 amide bonds. The summed E-state index contributed by atoms with van der Waals surface area (Å²) >= 11 is 0. The minimum absolute atomic E-state index is 0.231. The summed E-state index contributed by atoms with van der Waals surface area (Å²) in [5.74, 6) is 2.09. The molecule has 0 radical (unpaired) electrons. The van der Waals surface area contributed by atoms with Gasteiger partial charge in [0.05, 0.1) is 0 Å². The van der Waals surface area contributed by atoms with Gasteiger partial charge in [0.15, 0.2) is 0 Å². The molecule has 0 aliphatic carbocycles. The molecular weight excluding hydrogens is 113 g/mol. The first-order valence-electron chi connectivity index (χ1n) is 3.33. The minimum Gasteiger partial charge on any atom is -0.418 e. The fraction of sp³-hybridized carbons (Fsp3) is 0.667. The van der Waals surface area contributed by atoms with Crippen LogP contribution in [0.15, 0.2) is 12.1 Å². The van der Waals surface area contributed by atoms with Gasteiger partial charge in [0, 0.05) is 13.2 Å². The van der Waals surface area contributed by atoms with E-state index in [0.29, 0.717) is 0 Å². The van der Waals surface area contributed by atoms with Crippen molar-refractivity contribution in [2.24, 2.45) is 0 Å². The topological polar surface area (TPSA) is 12.5 Å². The van der Waals surface area contributed by atoms with Crippen molar-refractivity contribution in [3.63, 3.8) is 0 Å². The van der Waals surface area contributed by atoms with Crippen molar-refractivity contribution in [1.82, 2.24) is 4.81 Å². The van der Waals surface area contributed by atoms with Crippen LogP contribution in [-0.4, -0.2) is 32.1 Å². The van der Waals surface area contributed by atoms with Crippen molar-refractivity contribution in [1.29, 1.82) is 0 Å². The molecule has 1 aliphatic heterocycles. The average Bonchev–Trinajstić information content (AvgIpc) is 2.18. The second-order valence-corrected chi connectivity index (χ2v) is 2.21. The Morgan fingerprint density at radius 3 is 3.00 bits per heavy atom. The van der Waals surface area contributed by atoms with Crippen LogP contribution in [-0.2, 0) is 4.65 Å². The lowest BCUT2D eigenvalue weighted by Gasteiger charge is -2.13. The van der Waals surface area contributed by atoms with E-state index in [2.05, 4.69) is 23.9 Å². The quantitative estimate of drug-likeness (QED) is 0.499. The maximum atomic E-state index is 5.35. The van der Waals surface area contributed by atoms with Crippen LogP contribution in [0.3, 0.4) is 0 Å². The molecule has 1 rings (SSSR count). The molecule has 9 heavy (non-hydrogen) atoms. The highest BCUT2D eigenvalue weighted by Crippen LogP contribution is 2.02. The summed E-state index contributed by atoms with van der Waals surface area (Å²) in [5.41, 5.74) is 0. The molecule has 1 aliphatic rings. The van der Waals surface area contributed by atoms with Crippen LogP contribution in [0.25, 0.3) is 0 Å². The van der Waals surface area contributed by atoms with E-state index < -0.39 is 0 Å². The Hall–Kier alpha value is -0.275. The summed E-state index contributed by atoms with van der Waals surface area (Å²) in [4.78, 5) is 2.16. The van der Waals surface area contributed by atoms with Crippen molar-refractivity contribution in [2.45, 2.75) is 6.92 Å². The highest BCUT2D eigenvalue weighted by Gasteiger charge is 2.21. The maximum absolute atomic E-state index is 5.35. The zero-order valence-corrected chi connectivity index (χ0v) is 6.00. The lowest BCUT2D eigenvalue weighted by molar-refractivity contribution is 0.310. The van der Waals surface area contributed by atoms with Gasteiger partial charge < -0.3 is 9.47 Å². The van der Waals surface area contributed by atoms with Crippen LogP contribution >= 0.6 is 0 Å². The first-order chi connectivity index (χ1) is 4.34. The number of likely N-dealkylation sites (N-methyl/N-ethyl adjacent to an activating group) is 1. The lowest BCUT2D eigenvalue weighted by Crippen LogP contribution is -2.33. The molecule has 0 N–H and O–H groups in total. The number of hydrogen-bond acceptors (Lipinski definition) is 2. The van der Waals surface area contributed by atoms with Crippen molar-refractivity contribution in [2.75, 3.05) is 20.2 Å². The molecule has 0 aromatic rings. The molecule has 2 nitrogen and oxygen atoms in total. The summed E-state index contributed by atoms with van der Waals surface area (Å²) in [6.07, 6.45) is 2.13. The van der Waals surface area contributed by atoms with Gasteiger partial charge in [-0.25, -0.2) is 0 Å². The van der Waals surface area contributed by atoms with E-state index in [9.17, 15) is 0 Å². The van der Waals surface area contributed by atoms with Crippen LogP contribution < -0.4 is 0 Å². The highest BCUT2D eigenvalue weighted by molar-refractivity contribution is 6.55. The van der Waals surface area contributed by atoms with Gasteiger partial charge in [-0.15, -0.1) is 0 Å². The largest absolute Gasteiger partial charge is 0.418 e. The van der Waals surface area contributed by atoms with Gasteiger partial charge in [-0.05, 0) is 14.0 Å². The zero-order chi connectivity index (χ0) is 6.69. The lowest BCUT2D eigenvalue weighted by atomic mass is 9.84. The predicted molar refractivity (Wildman–Crippen MR) is 39.2 cm³/mol. The third-order valence-corrected chi connectivity index (χ3v) is 1.47. The first kappa shape index (κ1) is 6.84. The Balaban J connectivity index is 2.31. The summed E-state index contributed by atoms with van der Waals surface area (Å²) in [6, 6.07) is 0. The van der Waals surface area contributed by atoms with Gasteiger partial charge >= 0.3 is 7.05 Å². The second kappa shape index (κ2) is 3.04. The van der Waals surface area contributed by atoms with Crippen LogP contribution in [0.5, 0.6) is 0 Å². The van der Waals surface area contributed by atoms with Crippen LogP contribution in [0, 0.1) is 0 Å². The molecule has 0 saturated heterocycles. The second-order valence-electron chi connectivity index (χ2n) is 2.21. The molecule has 0 bridgehead atoms. The Labute approximate surface area is 56.6 Å². The monoisotopic (exact) mass is 125 g/mol. The van der Waals surface area contributed by atoms with Crippen LogP contribution in [0.2, 0.25) is 0 Å². The van der Waals surface area contributed by atoms with E-state index in [1.54, 1.807) is 0 Å². The van der Waals surface area contributed by atoms with Gasteiger partial charge in [0.2, 0.25) is 0 Å². The summed E-state index contributed by atoms with van der Waals surface area (Å²) in [6.45, 7) is 3.82. The van der Waals surface area contributed by atoms with Crippen molar-refractivity contribution in [3.05, 3.63) is 12.1 Å². The normalized spacial score (nSPS) is 19.6. The molecule has 0 atom stereocenters. The molecule has 3 heteroatoms. The number of rotatable bonds is 2. The summed E-state index contributed by atoms with van der Waals surface area (Å²) < 4.78 is 5.35. The zero-order valence-electron chi connectivity index (χ0n) is 6.00. The Kier molecular flexibility index (Phi) is 2.31. The third-order valence-electron chi connectivity index (χ3n) is 1.47. The summed E-state index contributed by atoms with van der Waals surface area (Å²) in [7, 11) is 2.29. The number of hydrogen-bond donors (Lipinski definition) is 0. The van der Waals surface area contributed by atoms with E-state index in [0.717, 1.165) is 13.2 Å². The smallest absolute Gasteiger partial charge is 0.410 e. The fourth-order valence-corrected chi connectivity index (χ4v) is 0.948. The van der Waals surface area contributed by atoms with Gasteiger partial charge in [0.25, 0.3) is 0 Å². The van der Waals surface area contributed by atoms with E-state index >= 15 is 0 Å². The van der Waals surface area contributed by atoms with Gasteiger partial charge in [-0.3, -0.25) is 0 Å². The molecule has 0 spiro atoms. The molecule has 0 saturated carbocycles. The average molecular weight is 125 g/mol. The Bertz CT molecular complexity index is 116. The van der Waals surface area contributed by atoms with Crippen molar-refractivity contribution >= 4 is 7.05 Å². The van der Waals surface area contributed by atoms with Crippen molar-refractivity contribution in [3.8, 4) is 0 Å². The SMILES string of the molecule is CCOB1C=CCN1C. The van der Waals surface area contributed by atoms with E-state index in [4.69, 9.17) is 4.65 Å². The van der Waals surface area contributed by atoms with E-state index in [1.807, 2.05) is 6.92 Å². The first-order valence-corrected chi connectivity index (χ1v) is 3.33. The van der Waals surface area contributed by atoms with Gasteiger partial charge in [0.1, 0.15) is 0 Å². The molecule has 0 aromatic heterocycles. The molecule has 50 valence electrons. The number of nitrogens with zero attached hydrogens (tertiary/aromatic N) is 1. The van der Waals surface area contributed by atoms with E-state index in [-0.39, 0.29) is 7.05 Å². The van der Waals surface area contributed by atoms with Crippen molar-refractivity contribution < 1.29 is 4.65 Å². The molecule has 1 heterocycles. The predicted octanol–water partition coefficient (Wildman–Crippen LogP) is 0.552. The molecule has 0 unspecified atom stereocenters. The van der Waals surface area contributed by atoms with Crippen LogP contribution in [0.4, 0.5) is 0 Å². The fourth-order valence-electron chi connectivity index (χ4n) is 0.948. The molecular formula is C6H12BNO. The minimum atomic E-state index is 0.231. The van der Waals surface area contributed by atoms with Crippen LogP contribution in [0.1, 0.15) is 6.92 Å². The third kappa shape index (κ3) is 1.56. The van der Waals surface area contributed by atoms with Gasteiger partial charge in [-0.1, -0.05) is 12.1 Å². The molecule has 0 aromatic carbocycles. The Morgan fingerprint density at radius 2 is 2.56 bits per heavy atom. The maximum Gasteiger partial charge on any atom is 0.410 e. The highest BCUT2D eigenvalue weighted by atomic mass is 16.4. The van der Waals surface area contributed by atoms with E-state index in [1.165, 1.54) is 0 Å². The molecule has 0 fully saturated rings.